The molecule has 0 bridgehead atoms. The van der Waals surface area contributed by atoms with E-state index >= 15 is 0 Å². The average molecular weight is 151 g/mol. The lowest BCUT2D eigenvalue weighted by Crippen LogP contribution is -1.99. The normalized spacial score (nSPS) is 6.11. The first-order chi connectivity index (χ1) is 4.00. The maximum Gasteiger partial charge on any atom is 0.692 e. The van der Waals surface area contributed by atoms with E-state index in [9.17, 15) is 0 Å². The molecule has 0 aromatic heterocycles. The van der Waals surface area contributed by atoms with Gasteiger partial charge in [-0.2, -0.15) is 5.26 Å². The Bertz CT molecular complexity index is 115. The molecule has 0 saturated heterocycles. The second-order valence-electron chi connectivity index (χ2n) is 1.25. The Morgan fingerprint density at radius 3 is 1.67 bits per heavy atom. The highest BCUT2D eigenvalue weighted by Crippen LogP contribution is 1.98. The van der Waals surface area contributed by atoms with E-state index in [1.54, 1.807) is 14.1 Å². The van der Waals surface area contributed by atoms with Crippen LogP contribution in [0.4, 0.5) is 0 Å². The van der Waals surface area contributed by atoms with Crippen LogP contribution in [0.3, 0.4) is 0 Å². The lowest BCUT2D eigenvalue weighted by atomic mass is 11.0. The quantitative estimate of drug-likeness (QED) is 0.281. The molecule has 9 heavy (non-hydrogen) atoms. The monoisotopic (exact) mass is 151 g/mol. The molecular weight excluding hydrogens is 143 g/mol. The third-order valence-electron chi connectivity index (χ3n) is 0.200. The summed E-state index contributed by atoms with van der Waals surface area (Å²) in [6.07, 6.45) is 1.86. The van der Waals surface area contributed by atoms with Gasteiger partial charge in [-0.15, -0.1) is 9.79 Å². The SMILES string of the molecule is CN(C)C#N.O=[P+](O)O. The van der Waals surface area contributed by atoms with Gasteiger partial charge >= 0.3 is 8.25 Å². The smallest absolute Gasteiger partial charge is 0.317 e. The molecule has 0 unspecified atom stereocenters. The summed E-state index contributed by atoms with van der Waals surface area (Å²) in [5.41, 5.74) is 0. The largest absolute Gasteiger partial charge is 0.692 e. The molecule has 0 aliphatic rings. The van der Waals surface area contributed by atoms with Crippen LogP contribution in [-0.2, 0) is 4.57 Å². The van der Waals surface area contributed by atoms with Crippen LogP contribution < -0.4 is 0 Å². The number of nitriles is 1. The van der Waals surface area contributed by atoms with Gasteiger partial charge < -0.3 is 4.90 Å². The van der Waals surface area contributed by atoms with Crippen molar-refractivity contribution >= 4 is 8.25 Å². The molecule has 0 atom stereocenters. The maximum absolute atomic E-state index is 8.70. The Kier molecular flexibility index (Phi) is 9.06. The van der Waals surface area contributed by atoms with Crippen molar-refractivity contribution in [1.82, 2.24) is 4.90 Å². The average Bonchev–Trinajstić information content (AvgIpc) is 1.65. The molecule has 0 heterocycles. The first-order valence-electron chi connectivity index (χ1n) is 1.92. The zero-order chi connectivity index (χ0) is 7.86. The molecule has 0 radical (unpaired) electrons. The van der Waals surface area contributed by atoms with Crippen LogP contribution in [0.5, 0.6) is 0 Å². The fraction of sp³-hybridized carbons (Fsp3) is 0.667. The molecule has 0 fully saturated rings. The summed E-state index contributed by atoms with van der Waals surface area (Å²) >= 11 is 0. The summed E-state index contributed by atoms with van der Waals surface area (Å²) in [4.78, 5) is 15.7. The van der Waals surface area contributed by atoms with Crippen molar-refractivity contribution in [2.45, 2.75) is 0 Å². The number of nitrogens with zero attached hydrogens (tertiary/aromatic N) is 2. The molecule has 0 aliphatic heterocycles. The molecular formula is C3H8N2O3P+. The van der Waals surface area contributed by atoms with Crippen molar-refractivity contribution in [2.24, 2.45) is 0 Å². The second-order valence-corrected chi connectivity index (χ2v) is 1.75. The lowest BCUT2D eigenvalue weighted by Gasteiger charge is -1.89. The molecule has 0 aromatic carbocycles. The summed E-state index contributed by atoms with van der Waals surface area (Å²) in [6, 6.07) is 0. The fourth-order valence-electron chi connectivity index (χ4n) is 0. The highest BCUT2D eigenvalue weighted by molar-refractivity contribution is 7.30. The topological polar surface area (TPSA) is 84.6 Å². The summed E-state index contributed by atoms with van der Waals surface area (Å²) < 4.78 is 8.70. The van der Waals surface area contributed by atoms with Crippen molar-refractivity contribution in [3.63, 3.8) is 0 Å². The molecule has 0 spiro atoms. The summed E-state index contributed by atoms with van der Waals surface area (Å²) in [7, 11) is 0.519. The van der Waals surface area contributed by atoms with Gasteiger partial charge in [0.1, 0.15) is 0 Å². The summed E-state index contributed by atoms with van der Waals surface area (Å²) in [5, 5.41) is 7.82. The summed E-state index contributed by atoms with van der Waals surface area (Å²) in [5.74, 6) is 0. The number of hydrogen-bond donors (Lipinski definition) is 2. The van der Waals surface area contributed by atoms with E-state index in [1.165, 1.54) is 4.90 Å². The number of hydrogen-bond acceptors (Lipinski definition) is 3. The van der Waals surface area contributed by atoms with Crippen LogP contribution in [0.15, 0.2) is 0 Å². The van der Waals surface area contributed by atoms with Crippen molar-refractivity contribution in [3.05, 3.63) is 0 Å². The van der Waals surface area contributed by atoms with Gasteiger partial charge in [-0.25, -0.2) is 0 Å². The maximum atomic E-state index is 8.70. The van der Waals surface area contributed by atoms with E-state index in [2.05, 4.69) is 0 Å². The van der Waals surface area contributed by atoms with Gasteiger partial charge in [0.15, 0.2) is 6.19 Å². The van der Waals surface area contributed by atoms with Crippen molar-refractivity contribution in [1.29, 1.82) is 5.26 Å². The molecule has 2 N–H and O–H groups in total. The minimum absolute atomic E-state index is 1.43. The van der Waals surface area contributed by atoms with Gasteiger partial charge in [0.05, 0.1) is 0 Å². The number of rotatable bonds is 0. The predicted molar refractivity (Wildman–Crippen MR) is 31.3 cm³/mol. The van der Waals surface area contributed by atoms with Crippen LogP contribution >= 0.6 is 8.25 Å². The Morgan fingerprint density at radius 1 is 1.56 bits per heavy atom. The minimum Gasteiger partial charge on any atom is -0.317 e. The molecule has 0 aromatic rings. The molecule has 0 aliphatic carbocycles. The third-order valence-corrected chi connectivity index (χ3v) is 0.200. The third kappa shape index (κ3) is 120. The van der Waals surface area contributed by atoms with Gasteiger partial charge in [-0.05, 0) is 0 Å². The predicted octanol–water partition coefficient (Wildman–Crippen LogP) is -0.343. The van der Waals surface area contributed by atoms with Gasteiger partial charge in [0, 0.05) is 18.7 Å². The van der Waals surface area contributed by atoms with Crippen LogP contribution in [0, 0.1) is 11.5 Å². The van der Waals surface area contributed by atoms with Gasteiger partial charge in [-0.3, -0.25) is 0 Å². The van der Waals surface area contributed by atoms with E-state index < -0.39 is 8.25 Å². The first kappa shape index (κ1) is 11.2. The van der Waals surface area contributed by atoms with Crippen LogP contribution in [0.1, 0.15) is 0 Å². The van der Waals surface area contributed by atoms with Crippen molar-refractivity contribution < 1.29 is 14.4 Å². The molecule has 0 rings (SSSR count). The van der Waals surface area contributed by atoms with E-state index in [0.717, 1.165) is 0 Å². The minimum atomic E-state index is -2.87. The van der Waals surface area contributed by atoms with Crippen LogP contribution in [-0.4, -0.2) is 28.8 Å². The Labute approximate surface area is 54.1 Å². The Morgan fingerprint density at radius 2 is 1.67 bits per heavy atom. The lowest BCUT2D eigenvalue weighted by molar-refractivity contribution is 0.405. The Hall–Kier alpha value is -0.690. The highest BCUT2D eigenvalue weighted by Gasteiger charge is 1.93. The van der Waals surface area contributed by atoms with Gasteiger partial charge in [0.25, 0.3) is 0 Å². The second kappa shape index (κ2) is 7.31. The van der Waals surface area contributed by atoms with Crippen LogP contribution in [0.2, 0.25) is 0 Å². The zero-order valence-electron chi connectivity index (χ0n) is 5.14. The van der Waals surface area contributed by atoms with Gasteiger partial charge in [-0.1, -0.05) is 0 Å². The Balaban J connectivity index is 0. The van der Waals surface area contributed by atoms with E-state index in [4.69, 9.17) is 19.6 Å². The van der Waals surface area contributed by atoms with Crippen molar-refractivity contribution in [2.75, 3.05) is 14.1 Å². The van der Waals surface area contributed by atoms with E-state index in [-0.39, 0.29) is 0 Å². The van der Waals surface area contributed by atoms with Gasteiger partial charge in [0.2, 0.25) is 0 Å². The molecule has 52 valence electrons. The zero-order valence-corrected chi connectivity index (χ0v) is 6.04. The molecule has 5 nitrogen and oxygen atoms in total. The highest BCUT2D eigenvalue weighted by atomic mass is 31.1. The van der Waals surface area contributed by atoms with Crippen LogP contribution in [0.25, 0.3) is 0 Å². The first-order valence-corrected chi connectivity index (χ1v) is 3.09. The fourth-order valence-corrected chi connectivity index (χ4v) is 0. The standard InChI is InChI=1S/C3H6N2.HO3P/c1-5(2)3-4;1-4(2)3/h1-2H3;(H-,1,2,3)/p+1. The van der Waals surface area contributed by atoms with Crippen molar-refractivity contribution in [3.8, 4) is 6.19 Å². The van der Waals surface area contributed by atoms with E-state index in [0.29, 0.717) is 0 Å². The summed E-state index contributed by atoms with van der Waals surface area (Å²) in [6.45, 7) is 0. The molecule has 6 heteroatoms. The molecule has 0 saturated carbocycles. The molecule has 0 amide bonds. The van der Waals surface area contributed by atoms with E-state index in [1.807, 2.05) is 6.19 Å².